The maximum Gasteiger partial charge on any atom is 0.160 e. The van der Waals surface area contributed by atoms with Crippen molar-refractivity contribution in [1.82, 2.24) is 14.6 Å². The molecule has 0 atom stereocenters. The highest BCUT2D eigenvalue weighted by Gasteiger charge is 2.04. The monoisotopic (exact) mass is 246 g/mol. The molecular weight excluding hydrogens is 224 g/mol. The maximum atomic E-state index is 5.79. The summed E-state index contributed by atoms with van der Waals surface area (Å²) >= 11 is 0. The van der Waals surface area contributed by atoms with Gasteiger partial charge in [-0.15, -0.1) is 10.2 Å². The third-order valence-electron chi connectivity index (χ3n) is 3.25. The molecule has 0 unspecified atom stereocenters. The summed E-state index contributed by atoms with van der Waals surface area (Å²) in [5, 5.41) is 8.37. The summed E-state index contributed by atoms with van der Waals surface area (Å²) < 4.78 is 2.00. The Hall–Kier alpha value is -1.58. The molecule has 98 valence electrons. The molecule has 0 amide bonds. The molecule has 0 radical (unpaired) electrons. The minimum absolute atomic E-state index is 0.756. The van der Waals surface area contributed by atoms with Crippen LogP contribution in [-0.4, -0.2) is 14.6 Å². The zero-order chi connectivity index (χ0) is 12.8. The number of unbranched alkanes of at least 4 members (excludes halogenated alkanes) is 5. The van der Waals surface area contributed by atoms with Crippen LogP contribution >= 0.6 is 0 Å². The molecule has 0 fully saturated rings. The Bertz CT molecular complexity index is 489. The topological polar surface area (TPSA) is 56.2 Å². The number of nitrogens with zero attached hydrogens (tertiary/aromatic N) is 3. The van der Waals surface area contributed by atoms with Gasteiger partial charge in [0.15, 0.2) is 5.65 Å². The van der Waals surface area contributed by atoms with Crippen molar-refractivity contribution in [2.24, 2.45) is 0 Å². The summed E-state index contributed by atoms with van der Waals surface area (Å²) in [4.78, 5) is 0. The lowest BCUT2D eigenvalue weighted by Crippen LogP contribution is -1.97. The molecule has 4 heteroatoms. The van der Waals surface area contributed by atoms with Gasteiger partial charge in [0, 0.05) is 18.3 Å². The molecule has 0 aromatic carbocycles. The number of nitrogens with two attached hydrogens (primary N) is 1. The normalized spacial score (nSPS) is 11.2. The number of aryl methyl sites for hydroxylation is 1. The zero-order valence-electron chi connectivity index (χ0n) is 11.1. The molecule has 0 aliphatic heterocycles. The van der Waals surface area contributed by atoms with Crippen LogP contribution in [0.4, 0.5) is 5.69 Å². The van der Waals surface area contributed by atoms with Gasteiger partial charge in [0.25, 0.3) is 0 Å². The van der Waals surface area contributed by atoms with E-state index in [2.05, 4.69) is 17.1 Å². The van der Waals surface area contributed by atoms with Crippen LogP contribution in [0, 0.1) is 0 Å². The molecular formula is C14H22N4. The number of pyridine rings is 1. The molecule has 2 N–H and O–H groups in total. The largest absolute Gasteiger partial charge is 0.398 e. The van der Waals surface area contributed by atoms with Crippen molar-refractivity contribution in [2.75, 3.05) is 5.73 Å². The van der Waals surface area contributed by atoms with Gasteiger partial charge in [-0.1, -0.05) is 39.0 Å². The predicted octanol–water partition coefficient (Wildman–Crippen LogP) is 3.21. The predicted molar refractivity (Wildman–Crippen MR) is 74.5 cm³/mol. The lowest BCUT2D eigenvalue weighted by molar-refractivity contribution is 0.599. The average Bonchev–Trinajstić information content (AvgIpc) is 2.76. The first-order valence-corrected chi connectivity index (χ1v) is 6.90. The molecule has 0 spiro atoms. The number of hydrogen-bond acceptors (Lipinski definition) is 3. The molecule has 4 nitrogen and oxygen atoms in total. The Kier molecular flexibility index (Phi) is 4.56. The van der Waals surface area contributed by atoms with Crippen molar-refractivity contribution in [1.29, 1.82) is 0 Å². The first-order chi connectivity index (χ1) is 8.81. The smallest absolute Gasteiger partial charge is 0.160 e. The fourth-order valence-corrected chi connectivity index (χ4v) is 2.19. The van der Waals surface area contributed by atoms with Crippen LogP contribution in [0.15, 0.2) is 18.3 Å². The van der Waals surface area contributed by atoms with E-state index in [9.17, 15) is 0 Å². The molecule has 0 saturated carbocycles. The number of nitrogen functional groups attached to an aromatic ring is 1. The molecule has 0 saturated heterocycles. The Morgan fingerprint density at radius 1 is 1.06 bits per heavy atom. The highest BCUT2D eigenvalue weighted by molar-refractivity contribution is 5.47. The third kappa shape index (κ3) is 3.22. The molecule has 2 rings (SSSR count). The number of rotatable bonds is 7. The van der Waals surface area contributed by atoms with Crippen molar-refractivity contribution in [3.8, 4) is 0 Å². The van der Waals surface area contributed by atoms with Gasteiger partial charge < -0.3 is 5.73 Å². The minimum Gasteiger partial charge on any atom is -0.398 e. The summed E-state index contributed by atoms with van der Waals surface area (Å²) in [6.45, 7) is 2.24. The molecule has 2 heterocycles. The SMILES string of the molecule is CCCCCCCCc1nnc2ccc(N)cn12. The average molecular weight is 246 g/mol. The summed E-state index contributed by atoms with van der Waals surface area (Å²) in [6.07, 6.45) is 10.7. The van der Waals surface area contributed by atoms with Gasteiger partial charge in [-0.25, -0.2) is 0 Å². The van der Waals surface area contributed by atoms with E-state index in [1.54, 1.807) is 0 Å². The minimum atomic E-state index is 0.756. The fraction of sp³-hybridized carbons (Fsp3) is 0.571. The highest BCUT2D eigenvalue weighted by atomic mass is 15.2. The Balaban J connectivity index is 1.86. The Morgan fingerprint density at radius 3 is 2.67 bits per heavy atom. The second-order valence-electron chi connectivity index (χ2n) is 4.82. The quantitative estimate of drug-likeness (QED) is 0.763. The maximum absolute atomic E-state index is 5.79. The molecule has 0 aliphatic rings. The van der Waals surface area contributed by atoms with Gasteiger partial charge in [0.2, 0.25) is 0 Å². The molecule has 18 heavy (non-hydrogen) atoms. The van der Waals surface area contributed by atoms with E-state index in [1.165, 1.54) is 38.5 Å². The number of hydrogen-bond donors (Lipinski definition) is 1. The number of fused-ring (bicyclic) bond motifs is 1. The Morgan fingerprint density at radius 2 is 1.83 bits per heavy atom. The Labute approximate surface area is 108 Å². The van der Waals surface area contributed by atoms with E-state index in [4.69, 9.17) is 5.73 Å². The van der Waals surface area contributed by atoms with Crippen molar-refractivity contribution in [3.05, 3.63) is 24.2 Å². The van der Waals surface area contributed by atoms with Gasteiger partial charge in [-0.05, 0) is 18.6 Å². The molecule has 0 aliphatic carbocycles. The van der Waals surface area contributed by atoms with Crippen LogP contribution in [0.25, 0.3) is 5.65 Å². The summed E-state index contributed by atoms with van der Waals surface area (Å²) in [6, 6.07) is 3.77. The van der Waals surface area contributed by atoms with E-state index in [1.807, 2.05) is 22.7 Å². The fourth-order valence-electron chi connectivity index (χ4n) is 2.19. The van der Waals surface area contributed by atoms with Crippen molar-refractivity contribution in [3.63, 3.8) is 0 Å². The highest BCUT2D eigenvalue weighted by Crippen LogP contribution is 2.12. The number of aromatic nitrogens is 3. The van der Waals surface area contributed by atoms with Gasteiger partial charge in [0.1, 0.15) is 5.82 Å². The van der Waals surface area contributed by atoms with Gasteiger partial charge >= 0.3 is 0 Å². The van der Waals surface area contributed by atoms with Crippen molar-refractivity contribution in [2.45, 2.75) is 51.9 Å². The third-order valence-corrected chi connectivity index (χ3v) is 3.25. The molecule has 2 aromatic heterocycles. The van der Waals surface area contributed by atoms with Crippen LogP contribution in [0.2, 0.25) is 0 Å². The summed E-state index contributed by atoms with van der Waals surface area (Å²) in [5.74, 6) is 1.02. The molecule has 2 aromatic rings. The van der Waals surface area contributed by atoms with E-state index in [0.717, 1.165) is 23.6 Å². The van der Waals surface area contributed by atoms with Crippen molar-refractivity contribution >= 4 is 11.3 Å². The standard InChI is InChI=1S/C14H22N4/c1-2-3-4-5-6-7-8-13-16-17-14-10-9-12(15)11-18(13)14/h9-11H,2-8,15H2,1H3. The van der Waals surface area contributed by atoms with Gasteiger partial charge in [-0.3, -0.25) is 4.40 Å². The van der Waals surface area contributed by atoms with Crippen LogP contribution < -0.4 is 5.73 Å². The van der Waals surface area contributed by atoms with E-state index >= 15 is 0 Å². The first kappa shape index (κ1) is 12.9. The van der Waals surface area contributed by atoms with Crippen LogP contribution in [0.5, 0.6) is 0 Å². The summed E-state index contributed by atoms with van der Waals surface area (Å²) in [7, 11) is 0. The lowest BCUT2D eigenvalue weighted by Gasteiger charge is -2.01. The van der Waals surface area contributed by atoms with Crippen LogP contribution in [-0.2, 0) is 6.42 Å². The second kappa shape index (κ2) is 6.38. The van der Waals surface area contributed by atoms with Crippen molar-refractivity contribution < 1.29 is 0 Å². The second-order valence-corrected chi connectivity index (χ2v) is 4.82. The van der Waals surface area contributed by atoms with Gasteiger partial charge in [-0.2, -0.15) is 0 Å². The van der Waals surface area contributed by atoms with Crippen LogP contribution in [0.3, 0.4) is 0 Å². The van der Waals surface area contributed by atoms with E-state index in [0.29, 0.717) is 0 Å². The van der Waals surface area contributed by atoms with Gasteiger partial charge in [0.05, 0.1) is 0 Å². The van der Waals surface area contributed by atoms with E-state index < -0.39 is 0 Å². The summed E-state index contributed by atoms with van der Waals surface area (Å²) in [5.41, 5.74) is 7.42. The first-order valence-electron chi connectivity index (χ1n) is 6.90. The zero-order valence-corrected chi connectivity index (χ0v) is 11.1. The lowest BCUT2D eigenvalue weighted by atomic mass is 10.1. The van der Waals surface area contributed by atoms with E-state index in [-0.39, 0.29) is 0 Å². The number of anilines is 1. The molecule has 0 bridgehead atoms. The van der Waals surface area contributed by atoms with Crippen LogP contribution in [0.1, 0.15) is 51.3 Å².